The first-order chi connectivity index (χ1) is 9.29. The normalized spacial score (nSPS) is 12.2. The average molecular weight is 312 g/mol. The molecule has 0 aromatic carbocycles. The van der Waals surface area contributed by atoms with Gasteiger partial charge < -0.3 is 4.74 Å². The lowest BCUT2D eigenvalue weighted by molar-refractivity contribution is 0.0869. The van der Waals surface area contributed by atoms with Crippen molar-refractivity contribution in [2.45, 2.75) is 39.3 Å². The van der Waals surface area contributed by atoms with Gasteiger partial charge in [-0.3, -0.25) is 14.3 Å². The molecule has 1 N–H and O–H groups in total. The Balaban J connectivity index is 2.24. The van der Waals surface area contributed by atoms with E-state index < -0.39 is 13.8 Å². The summed E-state index contributed by atoms with van der Waals surface area (Å²) in [5.74, 6) is 0. The summed E-state index contributed by atoms with van der Waals surface area (Å²) in [4.78, 5) is 26.0. The standard InChI is InChI=1S/C13H20N2O3SSi/c1-9-7-19-11-10(9)15(13(17)14-12(11)16)8-18-5-6-20(2,3)4/h7H,5-6,8H2,1-4H3,(H,14,16,17). The topological polar surface area (TPSA) is 64.1 Å². The van der Waals surface area contributed by atoms with Crippen LogP contribution in [-0.4, -0.2) is 24.2 Å². The number of aromatic amines is 1. The fraction of sp³-hybridized carbons (Fsp3) is 0.538. The molecule has 20 heavy (non-hydrogen) atoms. The molecule has 0 spiro atoms. The van der Waals surface area contributed by atoms with E-state index in [1.54, 1.807) is 0 Å². The van der Waals surface area contributed by atoms with Gasteiger partial charge in [0.25, 0.3) is 5.56 Å². The predicted molar refractivity (Wildman–Crippen MR) is 85.5 cm³/mol. The maximum absolute atomic E-state index is 11.9. The SMILES string of the molecule is Cc1csc2c(=O)[nH]c(=O)n(COCC[Si](C)(C)C)c12. The van der Waals surface area contributed by atoms with Gasteiger partial charge >= 0.3 is 5.69 Å². The number of nitrogens with one attached hydrogen (secondary N) is 1. The monoisotopic (exact) mass is 312 g/mol. The molecule has 0 atom stereocenters. The largest absolute Gasteiger partial charge is 0.361 e. The Hall–Kier alpha value is -1.18. The first-order valence-electron chi connectivity index (χ1n) is 6.58. The fourth-order valence-corrected chi connectivity index (χ4v) is 3.62. The van der Waals surface area contributed by atoms with Crippen LogP contribution in [-0.2, 0) is 11.5 Å². The highest BCUT2D eigenvalue weighted by Gasteiger charge is 2.14. The third-order valence-corrected chi connectivity index (χ3v) is 5.89. The summed E-state index contributed by atoms with van der Waals surface area (Å²) in [7, 11) is -1.14. The van der Waals surface area contributed by atoms with Crippen LogP contribution in [0, 0.1) is 6.92 Å². The Morgan fingerprint density at radius 1 is 1.35 bits per heavy atom. The second-order valence-electron chi connectivity index (χ2n) is 6.13. The van der Waals surface area contributed by atoms with E-state index in [9.17, 15) is 9.59 Å². The molecule has 7 heteroatoms. The number of H-pyrrole nitrogens is 1. The Kier molecular flexibility index (Phi) is 4.31. The van der Waals surface area contributed by atoms with Crippen LogP contribution in [0.4, 0.5) is 0 Å². The van der Waals surface area contributed by atoms with Crippen molar-refractivity contribution in [2.75, 3.05) is 6.61 Å². The second-order valence-corrected chi connectivity index (χ2v) is 12.6. The third-order valence-electron chi connectivity index (χ3n) is 3.10. The molecule has 110 valence electrons. The van der Waals surface area contributed by atoms with E-state index in [-0.39, 0.29) is 12.3 Å². The minimum absolute atomic E-state index is 0.189. The Morgan fingerprint density at radius 2 is 2.05 bits per heavy atom. The summed E-state index contributed by atoms with van der Waals surface area (Å²) in [5, 5.41) is 1.89. The Bertz CT molecular complexity index is 724. The van der Waals surface area contributed by atoms with Gasteiger partial charge in [-0.2, -0.15) is 0 Å². The summed E-state index contributed by atoms with van der Waals surface area (Å²) in [6.07, 6.45) is 0. The summed E-state index contributed by atoms with van der Waals surface area (Å²) in [6, 6.07) is 1.05. The van der Waals surface area contributed by atoms with Crippen molar-refractivity contribution in [2.24, 2.45) is 0 Å². The number of aryl methyl sites for hydroxylation is 1. The first-order valence-corrected chi connectivity index (χ1v) is 11.2. The molecule has 0 aliphatic rings. The third kappa shape index (κ3) is 3.28. The van der Waals surface area contributed by atoms with Crippen LogP contribution in [0.2, 0.25) is 25.7 Å². The van der Waals surface area contributed by atoms with Crippen molar-refractivity contribution in [3.63, 3.8) is 0 Å². The highest BCUT2D eigenvalue weighted by atomic mass is 32.1. The van der Waals surface area contributed by atoms with E-state index in [0.717, 1.165) is 11.6 Å². The number of aromatic nitrogens is 2. The predicted octanol–water partition coefficient (Wildman–Crippen LogP) is 2.37. The molecule has 0 aliphatic heterocycles. The number of ether oxygens (including phenoxy) is 1. The van der Waals surface area contributed by atoms with Crippen LogP contribution in [0.25, 0.3) is 10.2 Å². The molecule has 0 aliphatic carbocycles. The molecular formula is C13H20N2O3SSi. The molecule has 5 nitrogen and oxygen atoms in total. The molecule has 0 fully saturated rings. The zero-order valence-corrected chi connectivity index (χ0v) is 14.1. The lowest BCUT2D eigenvalue weighted by Gasteiger charge is -2.16. The van der Waals surface area contributed by atoms with E-state index in [0.29, 0.717) is 16.8 Å². The first kappa shape index (κ1) is 15.2. The molecule has 0 amide bonds. The molecule has 2 heterocycles. The van der Waals surface area contributed by atoms with Crippen molar-refractivity contribution in [3.8, 4) is 0 Å². The van der Waals surface area contributed by atoms with Gasteiger partial charge in [-0.25, -0.2) is 4.79 Å². The molecule has 0 saturated heterocycles. The van der Waals surface area contributed by atoms with E-state index in [4.69, 9.17) is 4.74 Å². The number of nitrogens with zero attached hydrogens (tertiary/aromatic N) is 1. The number of fused-ring (bicyclic) bond motifs is 1. The number of thiophene rings is 1. The van der Waals surface area contributed by atoms with Gasteiger partial charge in [-0.05, 0) is 23.9 Å². The van der Waals surface area contributed by atoms with Gasteiger partial charge in [-0.15, -0.1) is 11.3 Å². The average Bonchev–Trinajstić information content (AvgIpc) is 2.69. The van der Waals surface area contributed by atoms with Crippen LogP contribution in [0.5, 0.6) is 0 Å². The lowest BCUT2D eigenvalue weighted by Crippen LogP contribution is -2.31. The molecule has 0 radical (unpaired) electrons. The molecule has 0 bridgehead atoms. The van der Waals surface area contributed by atoms with Crippen molar-refractivity contribution < 1.29 is 4.74 Å². The molecule has 0 unspecified atom stereocenters. The second kappa shape index (κ2) is 5.67. The highest BCUT2D eigenvalue weighted by Crippen LogP contribution is 2.20. The Morgan fingerprint density at radius 3 is 2.70 bits per heavy atom. The van der Waals surface area contributed by atoms with Gasteiger partial charge in [0.2, 0.25) is 0 Å². The van der Waals surface area contributed by atoms with Crippen molar-refractivity contribution in [1.29, 1.82) is 0 Å². The van der Waals surface area contributed by atoms with Gasteiger partial charge in [-0.1, -0.05) is 19.6 Å². The maximum atomic E-state index is 11.9. The van der Waals surface area contributed by atoms with Crippen LogP contribution in [0.3, 0.4) is 0 Å². The van der Waals surface area contributed by atoms with E-state index in [1.165, 1.54) is 15.9 Å². The van der Waals surface area contributed by atoms with Crippen LogP contribution in [0.1, 0.15) is 5.56 Å². The molecule has 0 saturated carbocycles. The quantitative estimate of drug-likeness (QED) is 0.681. The van der Waals surface area contributed by atoms with Gasteiger partial charge in [0, 0.05) is 14.7 Å². The molecule has 2 rings (SSSR count). The maximum Gasteiger partial charge on any atom is 0.330 e. The zero-order valence-electron chi connectivity index (χ0n) is 12.3. The minimum atomic E-state index is -1.14. The number of hydrogen-bond donors (Lipinski definition) is 1. The fourth-order valence-electron chi connectivity index (χ4n) is 1.91. The summed E-state index contributed by atoms with van der Waals surface area (Å²) < 4.78 is 7.72. The smallest absolute Gasteiger partial charge is 0.330 e. The Labute approximate surface area is 122 Å². The van der Waals surface area contributed by atoms with E-state index in [1.807, 2.05) is 12.3 Å². The highest BCUT2D eigenvalue weighted by molar-refractivity contribution is 7.17. The van der Waals surface area contributed by atoms with Gasteiger partial charge in [0.05, 0.1) is 5.52 Å². The van der Waals surface area contributed by atoms with Gasteiger partial charge in [0.15, 0.2) is 0 Å². The molecule has 2 aromatic heterocycles. The summed E-state index contributed by atoms with van der Waals surface area (Å²) in [6.45, 7) is 9.58. The van der Waals surface area contributed by atoms with Crippen LogP contribution >= 0.6 is 11.3 Å². The van der Waals surface area contributed by atoms with Crippen molar-refractivity contribution in [1.82, 2.24) is 9.55 Å². The van der Waals surface area contributed by atoms with Crippen molar-refractivity contribution >= 4 is 29.6 Å². The van der Waals surface area contributed by atoms with Crippen molar-refractivity contribution in [3.05, 3.63) is 31.8 Å². The molecular weight excluding hydrogens is 292 g/mol. The van der Waals surface area contributed by atoms with Crippen LogP contribution in [0.15, 0.2) is 15.0 Å². The van der Waals surface area contributed by atoms with E-state index >= 15 is 0 Å². The lowest BCUT2D eigenvalue weighted by atomic mass is 10.3. The summed E-state index contributed by atoms with van der Waals surface area (Å²) >= 11 is 1.35. The number of hydrogen-bond acceptors (Lipinski definition) is 4. The minimum Gasteiger partial charge on any atom is -0.361 e. The molecule has 2 aromatic rings. The number of rotatable bonds is 5. The van der Waals surface area contributed by atoms with Gasteiger partial charge in [0.1, 0.15) is 11.4 Å². The van der Waals surface area contributed by atoms with E-state index in [2.05, 4.69) is 24.6 Å². The van der Waals surface area contributed by atoms with Crippen LogP contribution < -0.4 is 11.2 Å². The summed E-state index contributed by atoms with van der Waals surface area (Å²) in [5.41, 5.74) is 0.900. The zero-order chi connectivity index (χ0) is 14.9.